The predicted molar refractivity (Wildman–Crippen MR) is 92.4 cm³/mol. The van der Waals surface area contributed by atoms with Gasteiger partial charge < -0.3 is 0 Å². The molecule has 0 atom stereocenters. The molecule has 0 unspecified atom stereocenters. The molecule has 0 saturated heterocycles. The SMILES string of the molecule is O=c1ccc(-c2ccccc2)nn1CCS(=O)(=O)c1ccccc1. The maximum Gasteiger partial charge on any atom is 0.266 e. The molecule has 1 heterocycles. The van der Waals surface area contributed by atoms with Crippen LogP contribution in [0.25, 0.3) is 11.3 Å². The van der Waals surface area contributed by atoms with Crippen molar-refractivity contribution in [3.63, 3.8) is 0 Å². The summed E-state index contributed by atoms with van der Waals surface area (Å²) >= 11 is 0. The van der Waals surface area contributed by atoms with Crippen LogP contribution >= 0.6 is 0 Å². The Hall–Kier alpha value is -2.73. The molecule has 2 aromatic carbocycles. The number of nitrogens with zero attached hydrogens (tertiary/aromatic N) is 2. The molecule has 0 radical (unpaired) electrons. The first-order chi connectivity index (χ1) is 11.6. The third-order valence-electron chi connectivity index (χ3n) is 3.61. The molecular formula is C18H16N2O3S. The van der Waals surface area contributed by atoms with Crippen LogP contribution in [0.1, 0.15) is 0 Å². The Balaban J connectivity index is 1.84. The average molecular weight is 340 g/mol. The van der Waals surface area contributed by atoms with E-state index in [1.807, 2.05) is 30.3 Å². The highest BCUT2D eigenvalue weighted by Crippen LogP contribution is 2.14. The minimum atomic E-state index is -3.45. The number of sulfone groups is 1. The molecule has 3 rings (SSSR count). The van der Waals surface area contributed by atoms with Crippen LogP contribution < -0.4 is 5.56 Å². The summed E-state index contributed by atoms with van der Waals surface area (Å²) < 4.78 is 25.9. The predicted octanol–water partition coefficient (Wildman–Crippen LogP) is 2.38. The summed E-state index contributed by atoms with van der Waals surface area (Å²) in [5, 5.41) is 4.28. The molecule has 122 valence electrons. The van der Waals surface area contributed by atoms with E-state index in [1.165, 1.54) is 10.7 Å². The summed E-state index contributed by atoms with van der Waals surface area (Å²) in [5.41, 5.74) is 1.18. The number of hydrogen-bond donors (Lipinski definition) is 0. The van der Waals surface area contributed by atoms with Crippen molar-refractivity contribution >= 4 is 9.84 Å². The Morgan fingerprint density at radius 1 is 0.833 bits per heavy atom. The normalized spacial score (nSPS) is 11.3. The number of aryl methyl sites for hydroxylation is 1. The summed E-state index contributed by atoms with van der Waals surface area (Å²) in [6, 6.07) is 20.7. The Labute approximate surface area is 140 Å². The number of aromatic nitrogens is 2. The first kappa shape index (κ1) is 16.1. The molecule has 6 heteroatoms. The van der Waals surface area contributed by atoms with Crippen molar-refractivity contribution in [2.45, 2.75) is 11.4 Å². The molecule has 3 aromatic rings. The highest BCUT2D eigenvalue weighted by atomic mass is 32.2. The first-order valence-corrected chi connectivity index (χ1v) is 9.13. The molecule has 0 saturated carbocycles. The molecule has 5 nitrogen and oxygen atoms in total. The van der Waals surface area contributed by atoms with Crippen molar-refractivity contribution in [3.05, 3.63) is 83.2 Å². The summed E-state index contributed by atoms with van der Waals surface area (Å²) in [7, 11) is -3.45. The highest BCUT2D eigenvalue weighted by Gasteiger charge is 2.14. The second kappa shape index (κ2) is 6.80. The van der Waals surface area contributed by atoms with E-state index in [9.17, 15) is 13.2 Å². The molecule has 0 fully saturated rings. The van der Waals surface area contributed by atoms with E-state index in [1.54, 1.807) is 36.4 Å². The Morgan fingerprint density at radius 2 is 1.46 bits per heavy atom. The minimum Gasteiger partial charge on any atom is -0.268 e. The molecule has 0 bridgehead atoms. The van der Waals surface area contributed by atoms with Crippen LogP contribution in [0.15, 0.2) is 82.5 Å². The quantitative estimate of drug-likeness (QED) is 0.715. The lowest BCUT2D eigenvalue weighted by Gasteiger charge is -2.08. The van der Waals surface area contributed by atoms with E-state index in [-0.39, 0.29) is 22.8 Å². The molecule has 0 aliphatic carbocycles. The van der Waals surface area contributed by atoms with Gasteiger partial charge in [0.15, 0.2) is 9.84 Å². The Morgan fingerprint density at radius 3 is 2.12 bits per heavy atom. The van der Waals surface area contributed by atoms with Crippen LogP contribution in [-0.4, -0.2) is 24.0 Å². The fourth-order valence-corrected chi connectivity index (χ4v) is 3.55. The highest BCUT2D eigenvalue weighted by molar-refractivity contribution is 7.91. The van der Waals surface area contributed by atoms with Crippen molar-refractivity contribution in [2.75, 3.05) is 5.75 Å². The van der Waals surface area contributed by atoms with Gasteiger partial charge in [-0.05, 0) is 18.2 Å². The van der Waals surface area contributed by atoms with E-state index >= 15 is 0 Å². The average Bonchev–Trinajstić information content (AvgIpc) is 2.62. The van der Waals surface area contributed by atoms with Gasteiger partial charge in [-0.3, -0.25) is 4.79 Å². The van der Waals surface area contributed by atoms with Crippen LogP contribution in [0.3, 0.4) is 0 Å². The van der Waals surface area contributed by atoms with Crippen LogP contribution in [0.4, 0.5) is 0 Å². The second-order valence-corrected chi connectivity index (χ2v) is 7.39. The monoisotopic (exact) mass is 340 g/mol. The molecule has 0 aliphatic heterocycles. The smallest absolute Gasteiger partial charge is 0.266 e. The zero-order valence-corrected chi connectivity index (χ0v) is 13.7. The third kappa shape index (κ3) is 3.60. The van der Waals surface area contributed by atoms with Crippen LogP contribution in [0.2, 0.25) is 0 Å². The van der Waals surface area contributed by atoms with Crippen molar-refractivity contribution < 1.29 is 8.42 Å². The van der Waals surface area contributed by atoms with Gasteiger partial charge in [0, 0.05) is 11.6 Å². The number of benzene rings is 2. The van der Waals surface area contributed by atoms with Crippen LogP contribution in [0.5, 0.6) is 0 Å². The number of rotatable bonds is 5. The molecule has 1 aromatic heterocycles. The van der Waals surface area contributed by atoms with E-state index in [0.717, 1.165) is 5.56 Å². The number of hydrogen-bond acceptors (Lipinski definition) is 4. The van der Waals surface area contributed by atoms with Gasteiger partial charge in [-0.2, -0.15) is 5.10 Å². The first-order valence-electron chi connectivity index (χ1n) is 7.48. The summed E-state index contributed by atoms with van der Waals surface area (Å²) in [4.78, 5) is 12.2. The fraction of sp³-hybridized carbons (Fsp3) is 0.111. The lowest BCUT2D eigenvalue weighted by Crippen LogP contribution is -2.26. The van der Waals surface area contributed by atoms with Gasteiger partial charge in [0.25, 0.3) is 5.56 Å². The van der Waals surface area contributed by atoms with E-state index in [4.69, 9.17) is 0 Å². The fourth-order valence-electron chi connectivity index (χ4n) is 2.32. The van der Waals surface area contributed by atoms with Gasteiger partial charge in [-0.1, -0.05) is 48.5 Å². The van der Waals surface area contributed by atoms with Gasteiger partial charge in [0.05, 0.1) is 22.9 Å². The van der Waals surface area contributed by atoms with Gasteiger partial charge in [0.2, 0.25) is 0 Å². The van der Waals surface area contributed by atoms with Gasteiger partial charge in [-0.15, -0.1) is 0 Å². The zero-order chi connectivity index (χ0) is 17.0. The summed E-state index contributed by atoms with van der Waals surface area (Å²) in [6.07, 6.45) is 0. The Bertz CT molecular complexity index is 982. The van der Waals surface area contributed by atoms with Crippen molar-refractivity contribution in [3.8, 4) is 11.3 Å². The molecule has 24 heavy (non-hydrogen) atoms. The van der Waals surface area contributed by atoms with Gasteiger partial charge in [0.1, 0.15) is 0 Å². The minimum absolute atomic E-state index is 0.0106. The maximum absolute atomic E-state index is 12.3. The van der Waals surface area contributed by atoms with Gasteiger partial charge in [-0.25, -0.2) is 13.1 Å². The maximum atomic E-state index is 12.3. The molecule has 0 N–H and O–H groups in total. The largest absolute Gasteiger partial charge is 0.268 e. The van der Waals surface area contributed by atoms with E-state index < -0.39 is 9.84 Å². The van der Waals surface area contributed by atoms with Crippen LogP contribution in [-0.2, 0) is 16.4 Å². The second-order valence-electron chi connectivity index (χ2n) is 5.28. The topological polar surface area (TPSA) is 69.0 Å². The standard InChI is InChI=1S/C18H16N2O3S/c21-18-12-11-17(15-7-3-1-4-8-15)19-20(18)13-14-24(22,23)16-9-5-2-6-10-16/h1-12H,13-14H2. The lowest BCUT2D eigenvalue weighted by molar-refractivity contribution is 0.572. The molecular weight excluding hydrogens is 324 g/mol. The third-order valence-corrected chi connectivity index (χ3v) is 5.32. The summed E-state index contributed by atoms with van der Waals surface area (Å²) in [6.45, 7) is 0.0106. The van der Waals surface area contributed by atoms with E-state index in [0.29, 0.717) is 5.69 Å². The lowest BCUT2D eigenvalue weighted by atomic mass is 10.1. The van der Waals surface area contributed by atoms with Crippen LogP contribution in [0, 0.1) is 0 Å². The van der Waals surface area contributed by atoms with Gasteiger partial charge >= 0.3 is 0 Å². The van der Waals surface area contributed by atoms with Crippen molar-refractivity contribution in [1.82, 2.24) is 9.78 Å². The van der Waals surface area contributed by atoms with E-state index in [2.05, 4.69) is 5.10 Å². The Kier molecular flexibility index (Phi) is 4.57. The zero-order valence-electron chi connectivity index (χ0n) is 12.9. The molecule has 0 spiro atoms. The molecule has 0 amide bonds. The van der Waals surface area contributed by atoms with Crippen molar-refractivity contribution in [2.24, 2.45) is 0 Å². The van der Waals surface area contributed by atoms with Crippen molar-refractivity contribution in [1.29, 1.82) is 0 Å². The summed E-state index contributed by atoms with van der Waals surface area (Å²) in [5.74, 6) is -0.178. The molecule has 0 aliphatic rings.